The van der Waals surface area contributed by atoms with Gasteiger partial charge in [0.25, 0.3) is 0 Å². The van der Waals surface area contributed by atoms with Gasteiger partial charge in [0.2, 0.25) is 5.69 Å². The van der Waals surface area contributed by atoms with Crippen LogP contribution in [-0.4, -0.2) is 0 Å². The topological polar surface area (TPSA) is 3.88 Å². The van der Waals surface area contributed by atoms with Crippen LogP contribution in [0.4, 0.5) is 0 Å². The molecule has 0 aliphatic rings. The van der Waals surface area contributed by atoms with Crippen LogP contribution < -0.4 is 4.57 Å². The second kappa shape index (κ2) is 6.64. The van der Waals surface area contributed by atoms with Crippen molar-refractivity contribution in [1.82, 2.24) is 0 Å². The molecule has 1 aromatic carbocycles. The van der Waals surface area contributed by atoms with Crippen LogP contribution in [0, 0.1) is 13.8 Å². The molecule has 0 unspecified atom stereocenters. The quantitative estimate of drug-likeness (QED) is 0.662. The van der Waals surface area contributed by atoms with E-state index in [1.165, 1.54) is 47.3 Å². The fourth-order valence-electron chi connectivity index (χ4n) is 3.77. The summed E-state index contributed by atoms with van der Waals surface area (Å²) in [5.74, 6) is 0. The van der Waals surface area contributed by atoms with Crippen LogP contribution in [-0.2, 0) is 12.5 Å². The minimum absolute atomic E-state index is 0.312. The highest BCUT2D eigenvalue weighted by molar-refractivity contribution is 5.61. The van der Waals surface area contributed by atoms with Gasteiger partial charge in [0.15, 0.2) is 5.69 Å². The minimum Gasteiger partial charge on any atom is -0.198 e. The van der Waals surface area contributed by atoms with Gasteiger partial charge < -0.3 is 0 Å². The summed E-state index contributed by atoms with van der Waals surface area (Å²) in [6, 6.07) is 13.3. The predicted octanol–water partition coefficient (Wildman–Crippen LogP) is 5.26. The molecular weight excluding hydrogens is 266 g/mol. The van der Waals surface area contributed by atoms with Crippen molar-refractivity contribution in [2.45, 2.75) is 59.3 Å². The molecule has 0 radical (unpaired) electrons. The van der Waals surface area contributed by atoms with E-state index in [1.54, 1.807) is 0 Å². The number of hydrogen-bond donors (Lipinski definition) is 0. The summed E-state index contributed by atoms with van der Waals surface area (Å²) < 4.78 is 2.37. The van der Waals surface area contributed by atoms with Crippen molar-refractivity contribution in [3.05, 3.63) is 53.2 Å². The molecule has 0 fully saturated rings. The average molecular weight is 296 g/mol. The van der Waals surface area contributed by atoms with E-state index in [0.29, 0.717) is 5.41 Å². The molecule has 0 aliphatic carbocycles. The zero-order valence-electron chi connectivity index (χ0n) is 15.0. The average Bonchev–Trinajstić information content (AvgIpc) is 2.54. The van der Waals surface area contributed by atoms with Gasteiger partial charge in [0.05, 0.1) is 0 Å². The van der Waals surface area contributed by atoms with Crippen molar-refractivity contribution in [3.8, 4) is 11.3 Å². The van der Waals surface area contributed by atoms with Crippen LogP contribution in [0.1, 0.15) is 56.9 Å². The zero-order chi connectivity index (χ0) is 16.3. The number of aromatic nitrogens is 1. The maximum atomic E-state index is 2.37. The maximum absolute atomic E-state index is 2.37. The van der Waals surface area contributed by atoms with Crippen molar-refractivity contribution in [2.75, 3.05) is 0 Å². The first kappa shape index (κ1) is 16.7. The summed E-state index contributed by atoms with van der Waals surface area (Å²) in [6.07, 6.45) is 3.60. The Labute approximate surface area is 136 Å². The summed E-state index contributed by atoms with van der Waals surface area (Å²) in [5, 5.41) is 0. The fourth-order valence-corrected chi connectivity index (χ4v) is 3.77. The SMILES string of the molecule is CCC(CC)(CC)c1ccc(-c2ccccc2C)[n+](C)c1C. The van der Waals surface area contributed by atoms with E-state index in [2.05, 4.69) is 82.6 Å². The van der Waals surface area contributed by atoms with E-state index in [1.807, 2.05) is 0 Å². The second-order valence-corrected chi connectivity index (χ2v) is 6.43. The molecule has 0 aliphatic heterocycles. The molecule has 1 heteroatoms. The first-order valence-corrected chi connectivity index (χ1v) is 8.56. The highest BCUT2D eigenvalue weighted by Gasteiger charge is 2.32. The summed E-state index contributed by atoms with van der Waals surface area (Å²) in [5.41, 5.74) is 7.18. The van der Waals surface area contributed by atoms with Crippen molar-refractivity contribution in [1.29, 1.82) is 0 Å². The van der Waals surface area contributed by atoms with Crippen molar-refractivity contribution < 1.29 is 4.57 Å². The molecule has 0 saturated carbocycles. The number of hydrogen-bond acceptors (Lipinski definition) is 0. The minimum atomic E-state index is 0.312. The third-order valence-electron chi connectivity index (χ3n) is 5.68. The Bertz CT molecular complexity index is 643. The number of pyridine rings is 1. The van der Waals surface area contributed by atoms with Gasteiger partial charge >= 0.3 is 0 Å². The lowest BCUT2D eigenvalue weighted by molar-refractivity contribution is -0.667. The monoisotopic (exact) mass is 296 g/mol. The van der Waals surface area contributed by atoms with Gasteiger partial charge in [-0.1, -0.05) is 39.0 Å². The molecule has 2 aromatic rings. The summed E-state index contributed by atoms with van der Waals surface area (Å²) >= 11 is 0. The lowest BCUT2D eigenvalue weighted by Gasteiger charge is -2.31. The van der Waals surface area contributed by atoms with E-state index in [0.717, 1.165) is 0 Å². The van der Waals surface area contributed by atoms with Gasteiger partial charge in [-0.3, -0.25) is 0 Å². The van der Waals surface area contributed by atoms with Crippen molar-refractivity contribution in [3.63, 3.8) is 0 Å². The Balaban J connectivity index is 2.62. The molecule has 118 valence electrons. The first-order chi connectivity index (χ1) is 10.5. The number of aryl methyl sites for hydroxylation is 1. The van der Waals surface area contributed by atoms with Crippen LogP contribution in [0.5, 0.6) is 0 Å². The summed E-state index contributed by atoms with van der Waals surface area (Å²) in [7, 11) is 2.20. The molecule has 1 nitrogen and oxygen atoms in total. The molecule has 0 atom stereocenters. The van der Waals surface area contributed by atoms with Gasteiger partial charge in [-0.25, -0.2) is 0 Å². The largest absolute Gasteiger partial charge is 0.212 e. The van der Waals surface area contributed by atoms with Gasteiger partial charge in [0.1, 0.15) is 7.05 Å². The van der Waals surface area contributed by atoms with E-state index in [-0.39, 0.29) is 0 Å². The van der Waals surface area contributed by atoms with Crippen LogP contribution in [0.2, 0.25) is 0 Å². The normalized spacial score (nSPS) is 11.7. The molecule has 1 heterocycles. The molecule has 0 bridgehead atoms. The third kappa shape index (κ3) is 2.69. The first-order valence-electron chi connectivity index (χ1n) is 8.56. The van der Waals surface area contributed by atoms with Gasteiger partial charge in [-0.15, -0.1) is 0 Å². The Morgan fingerprint density at radius 3 is 2.00 bits per heavy atom. The number of rotatable bonds is 5. The Morgan fingerprint density at radius 2 is 1.45 bits per heavy atom. The van der Waals surface area contributed by atoms with Crippen molar-refractivity contribution >= 4 is 0 Å². The summed E-state index contributed by atoms with van der Waals surface area (Å²) in [6.45, 7) is 11.4. The lowest BCUT2D eigenvalue weighted by atomic mass is 9.73. The van der Waals surface area contributed by atoms with Crippen molar-refractivity contribution in [2.24, 2.45) is 7.05 Å². The highest BCUT2D eigenvalue weighted by atomic mass is 14.9. The van der Waals surface area contributed by atoms with Crippen LogP contribution >= 0.6 is 0 Å². The van der Waals surface area contributed by atoms with E-state index in [4.69, 9.17) is 0 Å². The van der Waals surface area contributed by atoms with Gasteiger partial charge in [-0.05, 0) is 43.9 Å². The standard InChI is InChI=1S/C21H30N/c1-7-21(8-2,9-3)19-14-15-20(22(6)17(19)5)18-13-11-10-12-16(18)4/h10-15H,7-9H2,1-6H3/q+1. The van der Waals surface area contributed by atoms with E-state index < -0.39 is 0 Å². The second-order valence-electron chi connectivity index (χ2n) is 6.43. The lowest BCUT2D eigenvalue weighted by Crippen LogP contribution is -2.39. The molecule has 22 heavy (non-hydrogen) atoms. The Morgan fingerprint density at radius 1 is 0.864 bits per heavy atom. The fraction of sp³-hybridized carbons (Fsp3) is 0.476. The molecule has 0 amide bonds. The molecular formula is C21H30N+. The van der Waals surface area contributed by atoms with Crippen LogP contribution in [0.25, 0.3) is 11.3 Å². The van der Waals surface area contributed by atoms with Gasteiger partial charge in [0, 0.05) is 29.5 Å². The van der Waals surface area contributed by atoms with E-state index >= 15 is 0 Å². The molecule has 2 rings (SSSR count). The zero-order valence-corrected chi connectivity index (χ0v) is 15.0. The van der Waals surface area contributed by atoms with Crippen LogP contribution in [0.15, 0.2) is 36.4 Å². The number of nitrogens with zero attached hydrogens (tertiary/aromatic N) is 1. The maximum Gasteiger partial charge on any atom is 0.212 e. The molecule has 0 spiro atoms. The predicted molar refractivity (Wildman–Crippen MR) is 95.1 cm³/mol. The van der Waals surface area contributed by atoms with Gasteiger partial charge in [-0.2, -0.15) is 4.57 Å². The summed E-state index contributed by atoms with van der Waals surface area (Å²) in [4.78, 5) is 0. The smallest absolute Gasteiger partial charge is 0.198 e. The molecule has 0 N–H and O–H groups in total. The Hall–Kier alpha value is -1.63. The third-order valence-corrected chi connectivity index (χ3v) is 5.68. The molecule has 1 aromatic heterocycles. The molecule has 0 saturated heterocycles. The highest BCUT2D eigenvalue weighted by Crippen LogP contribution is 2.36. The van der Waals surface area contributed by atoms with E-state index in [9.17, 15) is 0 Å². The Kier molecular flexibility index (Phi) is 5.05. The van der Waals surface area contributed by atoms with Crippen LogP contribution in [0.3, 0.4) is 0 Å². The number of benzene rings is 1.